The summed E-state index contributed by atoms with van der Waals surface area (Å²) in [5.41, 5.74) is -0.604. The third-order valence-corrected chi connectivity index (χ3v) is 4.69. The van der Waals surface area contributed by atoms with E-state index >= 15 is 0 Å². The summed E-state index contributed by atoms with van der Waals surface area (Å²) in [5.74, 6) is -7.95. The summed E-state index contributed by atoms with van der Waals surface area (Å²) in [7, 11) is 0. The lowest BCUT2D eigenvalue weighted by Gasteiger charge is -2.13. The molecule has 0 aliphatic heterocycles. The van der Waals surface area contributed by atoms with Crippen molar-refractivity contribution in [3.63, 3.8) is 0 Å². The second-order valence-corrected chi connectivity index (χ2v) is 7.22. The molecule has 0 aliphatic rings. The SMILES string of the molecule is C/C=C/CCc1cc(F)c(C(=O)Oc2ccc3c(F)c(OCC(F)(F)F)c(F)cc3c2)c(F)c1. The third-order valence-electron chi connectivity index (χ3n) is 4.69. The van der Waals surface area contributed by atoms with Gasteiger partial charge in [0.25, 0.3) is 0 Å². The molecule has 0 aromatic heterocycles. The van der Waals surface area contributed by atoms with E-state index in [-0.39, 0.29) is 16.5 Å². The number of hydrogen-bond donors (Lipinski definition) is 0. The summed E-state index contributed by atoms with van der Waals surface area (Å²) >= 11 is 0. The fourth-order valence-corrected chi connectivity index (χ4v) is 3.18. The molecule has 0 unspecified atom stereocenters. The quantitative estimate of drug-likeness (QED) is 0.155. The Balaban J connectivity index is 1.84. The largest absolute Gasteiger partial charge is 0.478 e. The number of esters is 1. The second kappa shape index (κ2) is 10.1. The standard InChI is InChI=1S/C24H17F7O3/c1-2-3-4-5-13-8-17(25)20(18(26)9-13)23(32)34-15-6-7-16-14(10-15)11-19(27)22(21(16)28)33-12-24(29,30)31/h2-3,6-11H,4-5,12H2,1H3/b3-2+. The lowest BCUT2D eigenvalue weighted by Crippen LogP contribution is -2.20. The van der Waals surface area contributed by atoms with Gasteiger partial charge in [0.1, 0.15) is 22.9 Å². The number of aryl methyl sites for hydroxylation is 1. The van der Waals surface area contributed by atoms with Crippen LogP contribution in [0.4, 0.5) is 30.7 Å². The molecule has 3 rings (SSSR count). The number of carbonyl (C=O) groups excluding carboxylic acids is 1. The summed E-state index contributed by atoms with van der Waals surface area (Å²) in [6.07, 6.45) is -0.303. The zero-order valence-corrected chi connectivity index (χ0v) is 17.6. The molecule has 3 aromatic carbocycles. The van der Waals surface area contributed by atoms with E-state index in [0.29, 0.717) is 24.5 Å². The number of benzene rings is 3. The summed E-state index contributed by atoms with van der Waals surface area (Å²) in [4.78, 5) is 12.3. The molecule has 0 N–H and O–H groups in total. The molecule has 0 radical (unpaired) electrons. The minimum atomic E-state index is -4.80. The van der Waals surface area contributed by atoms with Crippen molar-refractivity contribution in [2.75, 3.05) is 6.61 Å². The van der Waals surface area contributed by atoms with Gasteiger partial charge in [-0.2, -0.15) is 13.2 Å². The highest BCUT2D eigenvalue weighted by atomic mass is 19.4. The van der Waals surface area contributed by atoms with Gasteiger partial charge in [-0.15, -0.1) is 0 Å². The van der Waals surface area contributed by atoms with Crippen LogP contribution in [0.3, 0.4) is 0 Å². The molecule has 0 saturated heterocycles. The zero-order chi connectivity index (χ0) is 25.0. The molecule has 3 nitrogen and oxygen atoms in total. The van der Waals surface area contributed by atoms with Gasteiger partial charge in [0.15, 0.2) is 24.0 Å². The molecule has 0 spiro atoms. The highest BCUT2D eigenvalue weighted by Crippen LogP contribution is 2.33. The van der Waals surface area contributed by atoms with Crippen molar-refractivity contribution in [3.8, 4) is 11.5 Å². The van der Waals surface area contributed by atoms with Crippen LogP contribution < -0.4 is 9.47 Å². The average Bonchev–Trinajstić information content (AvgIpc) is 2.72. The van der Waals surface area contributed by atoms with Crippen molar-refractivity contribution in [2.45, 2.75) is 25.9 Å². The first kappa shape index (κ1) is 25.1. The molecule has 180 valence electrons. The summed E-state index contributed by atoms with van der Waals surface area (Å²) < 4.78 is 103. The Morgan fingerprint density at radius 3 is 2.26 bits per heavy atom. The van der Waals surface area contributed by atoms with E-state index < -0.39 is 53.3 Å². The lowest BCUT2D eigenvalue weighted by molar-refractivity contribution is -0.154. The van der Waals surface area contributed by atoms with E-state index in [9.17, 15) is 35.5 Å². The van der Waals surface area contributed by atoms with E-state index in [1.807, 2.05) is 6.08 Å². The van der Waals surface area contributed by atoms with Gasteiger partial charge in [-0.25, -0.2) is 22.4 Å². The monoisotopic (exact) mass is 486 g/mol. The van der Waals surface area contributed by atoms with Crippen molar-refractivity contribution < 1.29 is 45.0 Å². The Hall–Kier alpha value is -3.56. The van der Waals surface area contributed by atoms with Gasteiger partial charge in [-0.1, -0.05) is 12.2 Å². The Morgan fingerprint density at radius 2 is 1.65 bits per heavy atom. The van der Waals surface area contributed by atoms with Crippen molar-refractivity contribution in [3.05, 3.63) is 82.9 Å². The predicted octanol–water partition coefficient (Wildman–Crippen LogP) is 7.07. The average molecular weight is 486 g/mol. The van der Waals surface area contributed by atoms with Gasteiger partial charge in [-0.3, -0.25) is 0 Å². The van der Waals surface area contributed by atoms with Crippen LogP contribution in [0, 0.1) is 23.3 Å². The molecule has 0 fully saturated rings. The molecule has 0 heterocycles. The predicted molar refractivity (Wildman–Crippen MR) is 110 cm³/mol. The van der Waals surface area contributed by atoms with Crippen molar-refractivity contribution >= 4 is 16.7 Å². The van der Waals surface area contributed by atoms with Gasteiger partial charge >= 0.3 is 12.1 Å². The molecule has 0 saturated carbocycles. The van der Waals surface area contributed by atoms with Gasteiger partial charge < -0.3 is 9.47 Å². The number of alkyl halides is 3. The Bertz CT molecular complexity index is 1230. The highest BCUT2D eigenvalue weighted by molar-refractivity contribution is 5.93. The van der Waals surface area contributed by atoms with Crippen molar-refractivity contribution in [1.82, 2.24) is 0 Å². The first-order valence-electron chi connectivity index (χ1n) is 9.92. The maximum absolute atomic E-state index is 14.5. The van der Waals surface area contributed by atoms with Crippen molar-refractivity contribution in [2.24, 2.45) is 0 Å². The normalized spacial score (nSPS) is 11.9. The molecule has 34 heavy (non-hydrogen) atoms. The fraction of sp³-hybridized carbons (Fsp3) is 0.208. The molecular weight excluding hydrogens is 469 g/mol. The van der Waals surface area contributed by atoms with Crippen LogP contribution in [-0.4, -0.2) is 18.8 Å². The summed E-state index contributed by atoms with van der Waals surface area (Å²) in [6.45, 7) is -0.0935. The summed E-state index contributed by atoms with van der Waals surface area (Å²) in [5, 5.41) is -0.499. The van der Waals surface area contributed by atoms with Crippen LogP contribution in [0.5, 0.6) is 11.5 Å². The van der Waals surface area contributed by atoms with Crippen molar-refractivity contribution in [1.29, 1.82) is 0 Å². The van der Waals surface area contributed by atoms with Crippen LogP contribution in [0.25, 0.3) is 10.8 Å². The second-order valence-electron chi connectivity index (χ2n) is 7.22. The van der Waals surface area contributed by atoms with Crippen LogP contribution in [-0.2, 0) is 6.42 Å². The van der Waals surface area contributed by atoms with E-state index in [0.717, 1.165) is 30.3 Å². The van der Waals surface area contributed by atoms with Gasteiger partial charge in [-0.05, 0) is 67.1 Å². The fourth-order valence-electron chi connectivity index (χ4n) is 3.18. The maximum atomic E-state index is 14.5. The van der Waals surface area contributed by atoms with E-state index in [2.05, 4.69) is 4.74 Å². The zero-order valence-electron chi connectivity index (χ0n) is 17.6. The first-order chi connectivity index (χ1) is 16.0. The van der Waals surface area contributed by atoms with Gasteiger partial charge in [0, 0.05) is 5.39 Å². The van der Waals surface area contributed by atoms with Crippen LogP contribution >= 0.6 is 0 Å². The van der Waals surface area contributed by atoms with Gasteiger partial charge in [0.2, 0.25) is 0 Å². The topological polar surface area (TPSA) is 35.5 Å². The highest BCUT2D eigenvalue weighted by Gasteiger charge is 2.30. The molecular formula is C24H17F7O3. The minimum absolute atomic E-state index is 0.181. The van der Waals surface area contributed by atoms with E-state index in [1.165, 1.54) is 0 Å². The number of carbonyl (C=O) groups is 1. The molecule has 10 heteroatoms. The number of hydrogen-bond acceptors (Lipinski definition) is 3. The van der Waals surface area contributed by atoms with Crippen LogP contribution in [0.2, 0.25) is 0 Å². The van der Waals surface area contributed by atoms with Crippen LogP contribution in [0.15, 0.2) is 48.6 Å². The number of ether oxygens (including phenoxy) is 2. The molecule has 0 amide bonds. The molecule has 0 atom stereocenters. The number of fused-ring (bicyclic) bond motifs is 1. The van der Waals surface area contributed by atoms with E-state index in [1.54, 1.807) is 13.0 Å². The lowest BCUT2D eigenvalue weighted by atomic mass is 10.1. The minimum Gasteiger partial charge on any atom is -0.478 e. The Kier molecular flexibility index (Phi) is 7.48. The molecule has 0 bridgehead atoms. The smallest absolute Gasteiger partial charge is 0.422 e. The summed E-state index contributed by atoms with van der Waals surface area (Å²) in [6, 6.07) is 5.74. The maximum Gasteiger partial charge on any atom is 0.422 e. The van der Waals surface area contributed by atoms with E-state index in [4.69, 9.17) is 4.74 Å². The third kappa shape index (κ3) is 5.86. The first-order valence-corrected chi connectivity index (χ1v) is 9.92. The molecule has 3 aromatic rings. The van der Waals surface area contributed by atoms with Crippen LogP contribution in [0.1, 0.15) is 29.3 Å². The Morgan fingerprint density at radius 1 is 0.971 bits per heavy atom. The number of rotatable bonds is 7. The van der Waals surface area contributed by atoms with Gasteiger partial charge in [0.05, 0.1) is 0 Å². The number of halogens is 7. The Labute approximate surface area is 189 Å². The molecule has 0 aliphatic carbocycles. The number of allylic oxidation sites excluding steroid dienone is 2.